The summed E-state index contributed by atoms with van der Waals surface area (Å²) in [6.45, 7) is 2.37. The van der Waals surface area contributed by atoms with E-state index in [1.807, 2.05) is 6.92 Å². The van der Waals surface area contributed by atoms with Crippen LogP contribution in [0.2, 0.25) is 0 Å². The Morgan fingerprint density at radius 2 is 2.12 bits per heavy atom. The van der Waals surface area contributed by atoms with Crippen LogP contribution in [-0.4, -0.2) is 37.6 Å². The van der Waals surface area contributed by atoms with Gasteiger partial charge in [0.25, 0.3) is 11.6 Å². The Morgan fingerprint density at radius 1 is 1.27 bits per heavy atom. The van der Waals surface area contributed by atoms with Crippen LogP contribution < -0.4 is 10.6 Å². The molecule has 0 saturated carbocycles. The number of hydrogen-bond acceptors (Lipinski definition) is 7. The van der Waals surface area contributed by atoms with Gasteiger partial charge in [-0.15, -0.1) is 5.10 Å². The van der Waals surface area contributed by atoms with Crippen LogP contribution >= 0.6 is 0 Å². The topological polar surface area (TPSA) is 128 Å². The van der Waals surface area contributed by atoms with Crippen molar-refractivity contribution in [2.24, 2.45) is 0 Å². The summed E-state index contributed by atoms with van der Waals surface area (Å²) < 4.78 is 1.45. The Morgan fingerprint density at radius 3 is 2.81 bits per heavy atom. The Bertz CT molecular complexity index is 941. The summed E-state index contributed by atoms with van der Waals surface area (Å²) in [6.07, 6.45) is 1.43. The zero-order chi connectivity index (χ0) is 18.5. The zero-order valence-corrected chi connectivity index (χ0v) is 13.8. The molecule has 0 aliphatic heterocycles. The van der Waals surface area contributed by atoms with Crippen LogP contribution in [0.4, 0.5) is 17.1 Å². The smallest absolute Gasteiger partial charge is 0.293 e. The standard InChI is InChI=1S/C16H15N7O3/c1-2-17-14-7-6-11(8-15(14)23(25)26)16(24)19-12-4-3-5-13(9-12)22-10-18-20-21-22/h3-10,17H,2H2,1H3,(H,19,24). The number of nitro groups is 1. The van der Waals surface area contributed by atoms with E-state index in [0.717, 1.165) is 0 Å². The Kier molecular flexibility index (Phi) is 4.83. The number of anilines is 2. The van der Waals surface area contributed by atoms with Crippen molar-refractivity contribution >= 4 is 23.0 Å². The molecule has 3 aromatic rings. The van der Waals surface area contributed by atoms with Crippen LogP contribution in [0.5, 0.6) is 0 Å². The molecule has 1 aromatic heterocycles. The highest BCUT2D eigenvalue weighted by atomic mass is 16.6. The van der Waals surface area contributed by atoms with Gasteiger partial charge in [0.15, 0.2) is 0 Å². The number of nitrogens with zero attached hydrogens (tertiary/aromatic N) is 5. The molecule has 1 amide bonds. The molecule has 10 nitrogen and oxygen atoms in total. The molecule has 0 aliphatic carbocycles. The number of amides is 1. The molecule has 2 N–H and O–H groups in total. The minimum absolute atomic E-state index is 0.151. The summed E-state index contributed by atoms with van der Waals surface area (Å²) >= 11 is 0. The number of rotatable bonds is 6. The number of tetrazole rings is 1. The fourth-order valence-electron chi connectivity index (χ4n) is 2.37. The largest absolute Gasteiger partial charge is 0.380 e. The SMILES string of the molecule is CCNc1ccc(C(=O)Nc2cccc(-n3cnnn3)c2)cc1[N+](=O)[O-]. The first kappa shape index (κ1) is 17.0. The van der Waals surface area contributed by atoms with Crippen molar-refractivity contribution in [2.45, 2.75) is 6.92 Å². The molecule has 0 saturated heterocycles. The Labute approximate surface area is 148 Å². The van der Waals surface area contributed by atoms with E-state index >= 15 is 0 Å². The average Bonchev–Trinajstić information content (AvgIpc) is 3.17. The molecule has 1 heterocycles. The van der Waals surface area contributed by atoms with Crippen LogP contribution in [0.25, 0.3) is 5.69 Å². The van der Waals surface area contributed by atoms with Gasteiger partial charge in [0.05, 0.1) is 10.6 Å². The van der Waals surface area contributed by atoms with Crippen LogP contribution in [0, 0.1) is 10.1 Å². The molecule has 0 spiro atoms. The lowest BCUT2D eigenvalue weighted by atomic mass is 10.1. The van der Waals surface area contributed by atoms with Gasteiger partial charge in [-0.1, -0.05) is 6.07 Å². The van der Waals surface area contributed by atoms with Crippen molar-refractivity contribution in [3.63, 3.8) is 0 Å². The molecule has 0 aliphatic rings. The van der Waals surface area contributed by atoms with Crippen molar-refractivity contribution in [1.29, 1.82) is 0 Å². The molecule has 0 atom stereocenters. The third-order valence-corrected chi connectivity index (χ3v) is 3.54. The number of nitrogens with one attached hydrogen (secondary N) is 2. The molecular formula is C16H15N7O3. The van der Waals surface area contributed by atoms with Crippen LogP contribution in [0.1, 0.15) is 17.3 Å². The normalized spacial score (nSPS) is 10.3. The highest BCUT2D eigenvalue weighted by Gasteiger charge is 2.17. The number of carbonyl (C=O) groups is 1. The van der Waals surface area contributed by atoms with E-state index in [2.05, 4.69) is 26.2 Å². The van der Waals surface area contributed by atoms with Gasteiger partial charge in [-0.2, -0.15) is 0 Å². The molecule has 10 heteroatoms. The van der Waals surface area contributed by atoms with Gasteiger partial charge >= 0.3 is 0 Å². The first-order valence-electron chi connectivity index (χ1n) is 7.75. The first-order valence-corrected chi connectivity index (χ1v) is 7.75. The lowest BCUT2D eigenvalue weighted by Crippen LogP contribution is -2.13. The van der Waals surface area contributed by atoms with Crippen molar-refractivity contribution in [3.8, 4) is 5.69 Å². The highest BCUT2D eigenvalue weighted by molar-refractivity contribution is 6.05. The van der Waals surface area contributed by atoms with Gasteiger partial charge < -0.3 is 10.6 Å². The minimum atomic E-state index is -0.521. The summed E-state index contributed by atoms with van der Waals surface area (Å²) in [6, 6.07) is 11.2. The summed E-state index contributed by atoms with van der Waals surface area (Å²) in [4.78, 5) is 23.2. The maximum Gasteiger partial charge on any atom is 0.293 e. The van der Waals surface area contributed by atoms with E-state index < -0.39 is 10.8 Å². The molecule has 0 radical (unpaired) electrons. The molecule has 132 valence electrons. The molecule has 0 unspecified atom stereocenters. The second-order valence-corrected chi connectivity index (χ2v) is 5.28. The highest BCUT2D eigenvalue weighted by Crippen LogP contribution is 2.26. The van der Waals surface area contributed by atoms with E-state index in [1.165, 1.54) is 29.2 Å². The Hall–Kier alpha value is -3.82. The maximum atomic E-state index is 12.5. The predicted octanol–water partition coefficient (Wildman–Crippen LogP) is 2.25. The third kappa shape index (κ3) is 3.64. The molecule has 3 rings (SSSR count). The van der Waals surface area contributed by atoms with E-state index in [1.54, 1.807) is 24.3 Å². The first-order chi connectivity index (χ1) is 12.6. The third-order valence-electron chi connectivity index (χ3n) is 3.54. The van der Waals surface area contributed by atoms with Gasteiger partial charge in [0.1, 0.15) is 12.0 Å². The number of aromatic nitrogens is 4. The van der Waals surface area contributed by atoms with E-state index in [9.17, 15) is 14.9 Å². The summed E-state index contributed by atoms with van der Waals surface area (Å²) in [5, 5.41) is 27.7. The van der Waals surface area contributed by atoms with Crippen LogP contribution in [0.3, 0.4) is 0 Å². The predicted molar refractivity (Wildman–Crippen MR) is 94.4 cm³/mol. The van der Waals surface area contributed by atoms with Gasteiger partial charge in [-0.05, 0) is 47.7 Å². The zero-order valence-electron chi connectivity index (χ0n) is 13.8. The molecular weight excluding hydrogens is 338 g/mol. The molecule has 2 aromatic carbocycles. The van der Waals surface area contributed by atoms with Crippen molar-refractivity contribution in [1.82, 2.24) is 20.2 Å². The fraction of sp³-hybridized carbons (Fsp3) is 0.125. The summed E-state index contributed by atoms with van der Waals surface area (Å²) in [5.41, 5.74) is 1.59. The Balaban J connectivity index is 1.83. The number of hydrogen-bond donors (Lipinski definition) is 2. The summed E-state index contributed by atoms with van der Waals surface area (Å²) in [7, 11) is 0. The average molecular weight is 353 g/mol. The van der Waals surface area contributed by atoms with Crippen LogP contribution in [-0.2, 0) is 0 Å². The monoisotopic (exact) mass is 353 g/mol. The number of benzene rings is 2. The quantitative estimate of drug-likeness (QED) is 0.514. The fourth-order valence-corrected chi connectivity index (χ4v) is 2.37. The van der Waals surface area contributed by atoms with Crippen molar-refractivity contribution in [3.05, 3.63) is 64.5 Å². The maximum absolute atomic E-state index is 12.5. The lowest BCUT2D eigenvalue weighted by Gasteiger charge is -2.09. The number of carbonyl (C=O) groups excluding carboxylic acids is 1. The minimum Gasteiger partial charge on any atom is -0.380 e. The molecule has 0 fully saturated rings. The molecule has 26 heavy (non-hydrogen) atoms. The van der Waals surface area contributed by atoms with Gasteiger partial charge in [-0.25, -0.2) is 4.68 Å². The lowest BCUT2D eigenvalue weighted by molar-refractivity contribution is -0.384. The molecule has 0 bridgehead atoms. The van der Waals surface area contributed by atoms with Gasteiger partial charge in [0.2, 0.25) is 0 Å². The van der Waals surface area contributed by atoms with Crippen molar-refractivity contribution < 1.29 is 9.72 Å². The van der Waals surface area contributed by atoms with Crippen LogP contribution in [0.15, 0.2) is 48.8 Å². The van der Waals surface area contributed by atoms with Gasteiger partial charge in [0, 0.05) is 23.9 Å². The summed E-state index contributed by atoms with van der Waals surface area (Å²) in [5.74, 6) is -0.454. The number of nitro benzene ring substituents is 1. The second-order valence-electron chi connectivity index (χ2n) is 5.28. The second kappa shape index (κ2) is 7.38. The van der Waals surface area contributed by atoms with Crippen molar-refractivity contribution in [2.75, 3.05) is 17.2 Å². The van der Waals surface area contributed by atoms with Gasteiger partial charge in [-0.3, -0.25) is 14.9 Å². The van der Waals surface area contributed by atoms with E-state index in [4.69, 9.17) is 0 Å². The van der Waals surface area contributed by atoms with E-state index in [0.29, 0.717) is 23.6 Å². The van der Waals surface area contributed by atoms with E-state index in [-0.39, 0.29) is 11.3 Å².